The van der Waals surface area contributed by atoms with E-state index < -0.39 is 0 Å². The maximum absolute atomic E-state index is 5.65. The second kappa shape index (κ2) is 26.2. The van der Waals surface area contributed by atoms with Gasteiger partial charge in [-0.3, -0.25) is 24.9 Å². The van der Waals surface area contributed by atoms with Crippen LogP contribution >= 0.6 is 0 Å². The Hall–Kier alpha value is -15.4. The molecule has 0 aliphatic heterocycles. The lowest BCUT2D eigenvalue weighted by molar-refractivity contribution is 1.07. The smallest absolute Gasteiger partial charge is 0.164 e. The van der Waals surface area contributed by atoms with E-state index >= 15 is 0 Å². The molecule has 0 N–H and O–H groups in total. The first kappa shape index (κ1) is 63.8. The Labute approximate surface area is 641 Å². The van der Waals surface area contributed by atoms with Gasteiger partial charge in [0.1, 0.15) is 0 Å². The van der Waals surface area contributed by atoms with Crippen molar-refractivity contribution in [1.82, 2.24) is 59.8 Å². The van der Waals surface area contributed by atoms with Crippen LogP contribution in [-0.4, -0.2) is 59.8 Å². The standard InChI is InChI=1S/C100H58N12/c1-5-22-59(23-6-1)95-107-96(60-24-7-2-8-25-60)110-99(109-95)69-49-65(63-40-42-77-74-32-14-13-30-72(74)73-31-15-16-34-76(73)85(77)54-63)48-67(52-69)84-57-88-94(82-39-21-45-103-92(82)84)105-58-89(106-88)64-41-43-78-75-33-17-18-35-79(75)90-71(36-19-37-80(90)86(78)55-64)66-50-68(83-56-87-93(104-47-46-101-87)81-38-20-44-102-91(81)83)53-70(51-66)100-111-97(61-26-9-3-10-27-61)108-98(112-100)62-28-11-4-12-29-62/h1-58H. The molecule has 0 radical (unpaired) electrons. The first-order valence-corrected chi connectivity index (χ1v) is 37.3. The number of pyridine rings is 2. The number of rotatable bonds is 11. The fraction of sp³-hybridized carbons (Fsp3) is 0. The molecule has 12 heteroatoms. The van der Waals surface area contributed by atoms with Crippen LogP contribution in [-0.2, 0) is 0 Å². The fourth-order valence-electron chi connectivity index (χ4n) is 16.5. The lowest BCUT2D eigenvalue weighted by atomic mass is 9.87. The molecule has 16 aromatic carbocycles. The van der Waals surface area contributed by atoms with Crippen molar-refractivity contribution in [2.45, 2.75) is 0 Å². The lowest BCUT2D eigenvalue weighted by Crippen LogP contribution is -2.01. The zero-order valence-corrected chi connectivity index (χ0v) is 59.9. The van der Waals surface area contributed by atoms with E-state index in [-0.39, 0.29) is 0 Å². The SMILES string of the molecule is c1ccc(-c2nc(-c3ccccc3)nc(-c3cc(-c4ccc5c6ccccc6c6ccccc6c5c4)cc(-c4cc5nc(-c6ccc7c8ccccc8c8c(-c9cc(-c%10nc(-c%11ccccc%11)nc(-c%11ccccc%11)n%10)cc(-c%10cc%11nccnc%11c%11cccnc%10%11)c9)cccc8c7c6)cnc5c5cccnc45)c3)n2)cc1. The number of nitrogens with zero attached hydrogens (tertiary/aromatic N) is 12. The maximum Gasteiger partial charge on any atom is 0.164 e. The zero-order valence-electron chi connectivity index (χ0n) is 59.9. The average Bonchev–Trinajstić information content (AvgIpc) is 0.732. The van der Waals surface area contributed by atoms with Crippen molar-refractivity contribution >= 4 is 109 Å². The third-order valence-corrected chi connectivity index (χ3v) is 21.7. The van der Waals surface area contributed by atoms with Crippen molar-refractivity contribution in [3.05, 3.63) is 353 Å². The molecule has 0 saturated carbocycles. The minimum Gasteiger partial charge on any atom is -0.256 e. The Bertz CT molecular complexity index is 7480. The van der Waals surface area contributed by atoms with Gasteiger partial charge in [-0.05, 0) is 183 Å². The predicted octanol–water partition coefficient (Wildman–Crippen LogP) is 24.3. The van der Waals surface area contributed by atoms with Gasteiger partial charge >= 0.3 is 0 Å². The molecule has 518 valence electrons. The summed E-state index contributed by atoms with van der Waals surface area (Å²) >= 11 is 0. The van der Waals surface area contributed by atoms with Gasteiger partial charge in [-0.2, -0.15) is 0 Å². The van der Waals surface area contributed by atoms with Gasteiger partial charge in [-0.15, -0.1) is 0 Å². The minimum atomic E-state index is 0.527. The summed E-state index contributed by atoms with van der Waals surface area (Å²) in [7, 11) is 0. The number of hydrogen-bond acceptors (Lipinski definition) is 12. The average molecular weight is 1430 g/mol. The van der Waals surface area contributed by atoms with Gasteiger partial charge in [0.15, 0.2) is 34.9 Å². The van der Waals surface area contributed by atoms with Gasteiger partial charge in [0.25, 0.3) is 0 Å². The minimum absolute atomic E-state index is 0.527. The van der Waals surface area contributed by atoms with Crippen LogP contribution in [0.1, 0.15) is 0 Å². The molecule has 6 aromatic heterocycles. The topological polar surface area (TPSA) is 155 Å². The van der Waals surface area contributed by atoms with E-state index in [4.69, 9.17) is 59.8 Å². The molecule has 0 unspecified atom stereocenters. The lowest BCUT2D eigenvalue weighted by Gasteiger charge is -2.17. The van der Waals surface area contributed by atoms with Crippen molar-refractivity contribution in [2.75, 3.05) is 0 Å². The Kier molecular flexibility index (Phi) is 15.0. The van der Waals surface area contributed by atoms with Crippen LogP contribution in [0.4, 0.5) is 0 Å². The first-order valence-electron chi connectivity index (χ1n) is 37.3. The molecule has 6 heterocycles. The fourth-order valence-corrected chi connectivity index (χ4v) is 16.5. The number of aromatic nitrogens is 12. The molecule has 0 aliphatic rings. The Morgan fingerprint density at radius 3 is 1.04 bits per heavy atom. The van der Waals surface area contributed by atoms with Crippen molar-refractivity contribution in [2.24, 2.45) is 0 Å². The summed E-state index contributed by atoms with van der Waals surface area (Å²) in [5.74, 6) is 3.34. The highest BCUT2D eigenvalue weighted by molar-refractivity contribution is 6.29. The highest BCUT2D eigenvalue weighted by atomic mass is 15.0. The highest BCUT2D eigenvalue weighted by Crippen LogP contribution is 2.47. The molecular weight excluding hydrogens is 1370 g/mol. The second-order valence-electron chi connectivity index (χ2n) is 28.3. The molecule has 0 amide bonds. The molecule has 0 atom stereocenters. The van der Waals surface area contributed by atoms with Crippen LogP contribution in [0.5, 0.6) is 0 Å². The van der Waals surface area contributed by atoms with Crippen LogP contribution in [0.25, 0.3) is 233 Å². The van der Waals surface area contributed by atoms with Crippen molar-refractivity contribution < 1.29 is 0 Å². The Morgan fingerprint density at radius 2 is 0.509 bits per heavy atom. The maximum atomic E-state index is 5.65. The van der Waals surface area contributed by atoms with Crippen molar-refractivity contribution in [3.8, 4) is 124 Å². The van der Waals surface area contributed by atoms with Crippen molar-refractivity contribution in [1.29, 1.82) is 0 Å². The number of hydrogen-bond donors (Lipinski definition) is 0. The molecule has 12 nitrogen and oxygen atoms in total. The second-order valence-corrected chi connectivity index (χ2v) is 28.3. The third-order valence-electron chi connectivity index (χ3n) is 21.7. The third kappa shape index (κ3) is 10.9. The van der Waals surface area contributed by atoms with E-state index in [1.165, 1.54) is 32.3 Å². The molecule has 0 spiro atoms. The van der Waals surface area contributed by atoms with Gasteiger partial charge in [-0.1, -0.05) is 237 Å². The van der Waals surface area contributed by atoms with Gasteiger partial charge in [0.05, 0.1) is 45.0 Å². The monoisotopic (exact) mass is 1430 g/mol. The van der Waals surface area contributed by atoms with Gasteiger partial charge in [0, 0.05) is 85.6 Å². The molecule has 0 aliphatic carbocycles. The molecule has 22 aromatic rings. The van der Waals surface area contributed by atoms with E-state index in [0.29, 0.717) is 34.9 Å². The summed E-state index contributed by atoms with van der Waals surface area (Å²) < 4.78 is 0. The number of benzene rings is 16. The van der Waals surface area contributed by atoms with Crippen molar-refractivity contribution in [3.63, 3.8) is 0 Å². The summed E-state index contributed by atoms with van der Waals surface area (Å²) in [6, 6.07) is 113. The van der Waals surface area contributed by atoms with Crippen LogP contribution in [0, 0.1) is 0 Å². The van der Waals surface area contributed by atoms with E-state index in [9.17, 15) is 0 Å². The molecule has 22 rings (SSSR count). The van der Waals surface area contributed by atoms with E-state index in [1.807, 2.05) is 152 Å². The number of fused-ring (bicyclic) bond motifs is 18. The summed E-state index contributed by atoms with van der Waals surface area (Å²) in [6.45, 7) is 0. The molecule has 112 heavy (non-hydrogen) atoms. The molecule has 0 bridgehead atoms. The largest absolute Gasteiger partial charge is 0.256 e. The van der Waals surface area contributed by atoms with Gasteiger partial charge < -0.3 is 0 Å². The first-order chi connectivity index (χ1) is 55.5. The Balaban J connectivity index is 0.733. The molecule has 0 saturated heterocycles. The van der Waals surface area contributed by atoms with Gasteiger partial charge in [0.2, 0.25) is 0 Å². The van der Waals surface area contributed by atoms with E-state index in [0.717, 1.165) is 165 Å². The van der Waals surface area contributed by atoms with Gasteiger partial charge in [-0.25, -0.2) is 34.9 Å². The summed E-state index contributed by atoms with van der Waals surface area (Å²) in [4.78, 5) is 62.5. The van der Waals surface area contributed by atoms with Crippen LogP contribution in [0.15, 0.2) is 353 Å². The van der Waals surface area contributed by atoms with Crippen LogP contribution in [0.2, 0.25) is 0 Å². The van der Waals surface area contributed by atoms with Crippen LogP contribution in [0.3, 0.4) is 0 Å². The summed E-state index contributed by atoms with van der Waals surface area (Å²) in [5, 5.41) is 15.6. The zero-order chi connectivity index (χ0) is 73.7. The Morgan fingerprint density at radius 1 is 0.161 bits per heavy atom. The summed E-state index contributed by atoms with van der Waals surface area (Å²) in [6.07, 6.45) is 9.08. The quantitative estimate of drug-likeness (QED) is 0.113. The predicted molar refractivity (Wildman–Crippen MR) is 455 cm³/mol. The molecular formula is C100H58N12. The molecule has 0 fully saturated rings. The summed E-state index contributed by atoms with van der Waals surface area (Å²) in [5.41, 5.74) is 19.0. The van der Waals surface area contributed by atoms with E-state index in [2.05, 4.69) is 188 Å². The van der Waals surface area contributed by atoms with E-state index in [1.54, 1.807) is 12.4 Å². The normalized spacial score (nSPS) is 11.8. The van der Waals surface area contributed by atoms with Crippen LogP contribution < -0.4 is 0 Å². The highest BCUT2D eigenvalue weighted by Gasteiger charge is 2.24.